The molecular formula is C34H34O8. The minimum absolute atomic E-state index is 0.111. The van der Waals surface area contributed by atoms with Gasteiger partial charge in [-0.25, -0.2) is 9.59 Å². The topological polar surface area (TPSA) is 89.5 Å². The Morgan fingerprint density at radius 3 is 1.17 bits per heavy atom. The summed E-state index contributed by atoms with van der Waals surface area (Å²) in [6, 6.07) is 36.6. The predicted molar refractivity (Wildman–Crippen MR) is 155 cm³/mol. The van der Waals surface area contributed by atoms with E-state index in [1.807, 2.05) is 72.8 Å². The standard InChI is InChI=1S/C34H34O8/c35-33(29-17-9-3-10-18-29)39-23-31(41-25-37-21-27-13-5-1-6-14-27)32(24-40-34(36)30-19-11-4-12-20-30)42-26-38-22-28-15-7-2-8-16-28/h1-20,31-32H,21-26H2/t31-,32+. The van der Waals surface area contributed by atoms with Crippen LogP contribution < -0.4 is 0 Å². The van der Waals surface area contributed by atoms with Gasteiger partial charge in [0.1, 0.15) is 39.0 Å². The summed E-state index contributed by atoms with van der Waals surface area (Å²) in [4.78, 5) is 25.4. The lowest BCUT2D eigenvalue weighted by atomic mass is 10.2. The van der Waals surface area contributed by atoms with Crippen LogP contribution in [0.15, 0.2) is 121 Å². The zero-order chi connectivity index (χ0) is 29.2. The van der Waals surface area contributed by atoms with Gasteiger partial charge in [-0.05, 0) is 35.4 Å². The molecule has 0 saturated carbocycles. The smallest absolute Gasteiger partial charge is 0.338 e. The van der Waals surface area contributed by atoms with E-state index in [4.69, 9.17) is 28.4 Å². The molecule has 8 nitrogen and oxygen atoms in total. The maximum Gasteiger partial charge on any atom is 0.338 e. The first kappa shape index (κ1) is 30.6. The first-order valence-electron chi connectivity index (χ1n) is 13.6. The Bertz CT molecular complexity index is 1210. The normalized spacial score (nSPS) is 12.3. The highest BCUT2D eigenvalue weighted by Crippen LogP contribution is 2.13. The van der Waals surface area contributed by atoms with Gasteiger partial charge in [0, 0.05) is 0 Å². The summed E-state index contributed by atoms with van der Waals surface area (Å²) in [5.41, 5.74) is 2.76. The molecule has 4 aromatic carbocycles. The summed E-state index contributed by atoms with van der Waals surface area (Å²) in [6.07, 6.45) is -1.67. The Balaban J connectivity index is 1.41. The minimum Gasteiger partial charge on any atom is -0.459 e. The van der Waals surface area contributed by atoms with Crippen molar-refractivity contribution in [3.8, 4) is 0 Å². The molecule has 0 heterocycles. The average molecular weight is 571 g/mol. The van der Waals surface area contributed by atoms with Crippen molar-refractivity contribution in [1.29, 1.82) is 0 Å². The van der Waals surface area contributed by atoms with Gasteiger partial charge in [0.15, 0.2) is 0 Å². The van der Waals surface area contributed by atoms with Crippen LogP contribution in [0.3, 0.4) is 0 Å². The van der Waals surface area contributed by atoms with Crippen LogP contribution in [-0.2, 0) is 41.6 Å². The molecule has 4 aromatic rings. The van der Waals surface area contributed by atoms with Crippen LogP contribution in [0.1, 0.15) is 31.8 Å². The number of carbonyl (C=O) groups is 2. The van der Waals surface area contributed by atoms with Crippen molar-refractivity contribution < 1.29 is 38.0 Å². The van der Waals surface area contributed by atoms with Gasteiger partial charge in [0.2, 0.25) is 0 Å². The van der Waals surface area contributed by atoms with Crippen molar-refractivity contribution in [2.24, 2.45) is 0 Å². The maximum absolute atomic E-state index is 12.7. The first-order valence-corrected chi connectivity index (χ1v) is 13.6. The van der Waals surface area contributed by atoms with Gasteiger partial charge in [-0.3, -0.25) is 0 Å². The fraction of sp³-hybridized carbons (Fsp3) is 0.235. The molecule has 0 bridgehead atoms. The van der Waals surface area contributed by atoms with Crippen LogP contribution in [-0.4, -0.2) is 50.9 Å². The van der Waals surface area contributed by atoms with E-state index >= 15 is 0 Å². The SMILES string of the molecule is O=C(OC[C@H](OCOCc1ccccc1)[C@@H](COC(=O)c1ccccc1)OCOCc1ccccc1)c1ccccc1. The van der Waals surface area contributed by atoms with Gasteiger partial charge in [0.05, 0.1) is 24.3 Å². The predicted octanol–water partition coefficient (Wildman–Crippen LogP) is 5.82. The molecular weight excluding hydrogens is 536 g/mol. The van der Waals surface area contributed by atoms with Gasteiger partial charge < -0.3 is 28.4 Å². The molecule has 0 aromatic heterocycles. The average Bonchev–Trinajstić information content (AvgIpc) is 3.05. The lowest BCUT2D eigenvalue weighted by Crippen LogP contribution is -2.41. The van der Waals surface area contributed by atoms with E-state index < -0.39 is 24.1 Å². The van der Waals surface area contributed by atoms with E-state index in [0.29, 0.717) is 24.3 Å². The van der Waals surface area contributed by atoms with Crippen molar-refractivity contribution in [1.82, 2.24) is 0 Å². The van der Waals surface area contributed by atoms with Crippen LogP contribution in [0.5, 0.6) is 0 Å². The molecule has 8 heteroatoms. The van der Waals surface area contributed by atoms with E-state index in [9.17, 15) is 9.59 Å². The van der Waals surface area contributed by atoms with Crippen LogP contribution in [0, 0.1) is 0 Å². The highest BCUT2D eigenvalue weighted by molar-refractivity contribution is 5.89. The minimum atomic E-state index is -0.836. The van der Waals surface area contributed by atoms with Gasteiger partial charge in [-0.2, -0.15) is 0 Å². The molecule has 0 radical (unpaired) electrons. The Labute approximate surface area is 245 Å². The van der Waals surface area contributed by atoms with Crippen molar-refractivity contribution in [2.75, 3.05) is 26.8 Å². The second kappa shape index (κ2) is 17.5. The van der Waals surface area contributed by atoms with E-state index in [2.05, 4.69) is 0 Å². The summed E-state index contributed by atoms with van der Waals surface area (Å²) in [5, 5.41) is 0. The summed E-state index contributed by atoms with van der Waals surface area (Å²) in [6.45, 7) is 0.0844. The highest BCUT2D eigenvalue weighted by Gasteiger charge is 2.28. The van der Waals surface area contributed by atoms with Gasteiger partial charge in [0.25, 0.3) is 0 Å². The molecule has 4 rings (SSSR count). The number of carbonyl (C=O) groups excluding carboxylic acids is 2. The Kier molecular flexibility index (Phi) is 12.7. The molecule has 0 fully saturated rings. The van der Waals surface area contributed by atoms with E-state index in [0.717, 1.165) is 11.1 Å². The molecule has 218 valence electrons. The van der Waals surface area contributed by atoms with Crippen molar-refractivity contribution in [3.63, 3.8) is 0 Å². The molecule has 0 aliphatic rings. The third kappa shape index (κ3) is 10.6. The van der Waals surface area contributed by atoms with E-state index in [-0.39, 0.29) is 26.8 Å². The highest BCUT2D eigenvalue weighted by atomic mass is 16.7. The van der Waals surface area contributed by atoms with Crippen molar-refractivity contribution >= 4 is 11.9 Å². The second-order valence-electron chi connectivity index (χ2n) is 9.24. The fourth-order valence-corrected chi connectivity index (χ4v) is 3.89. The monoisotopic (exact) mass is 570 g/mol. The Hall–Kier alpha value is -4.34. The maximum atomic E-state index is 12.7. The van der Waals surface area contributed by atoms with E-state index in [1.165, 1.54) is 0 Å². The molecule has 0 spiro atoms. The summed E-state index contributed by atoms with van der Waals surface area (Å²) in [5.74, 6) is -1.04. The van der Waals surface area contributed by atoms with E-state index in [1.54, 1.807) is 48.5 Å². The Morgan fingerprint density at radius 1 is 0.476 bits per heavy atom. The van der Waals surface area contributed by atoms with Crippen LogP contribution in [0.25, 0.3) is 0 Å². The first-order chi connectivity index (χ1) is 20.7. The quantitative estimate of drug-likeness (QED) is 0.0892. The fourth-order valence-electron chi connectivity index (χ4n) is 3.89. The number of esters is 2. The lowest BCUT2D eigenvalue weighted by molar-refractivity contribution is -0.189. The molecule has 0 unspecified atom stereocenters. The van der Waals surface area contributed by atoms with Crippen LogP contribution in [0.4, 0.5) is 0 Å². The van der Waals surface area contributed by atoms with Gasteiger partial charge >= 0.3 is 11.9 Å². The lowest BCUT2D eigenvalue weighted by Gasteiger charge is -2.27. The third-order valence-corrected chi connectivity index (χ3v) is 6.15. The molecule has 0 aliphatic heterocycles. The van der Waals surface area contributed by atoms with Crippen LogP contribution in [0.2, 0.25) is 0 Å². The number of ether oxygens (including phenoxy) is 6. The van der Waals surface area contributed by atoms with Gasteiger partial charge in [-0.15, -0.1) is 0 Å². The number of hydrogen-bond acceptors (Lipinski definition) is 8. The number of benzene rings is 4. The van der Waals surface area contributed by atoms with Crippen molar-refractivity contribution in [2.45, 2.75) is 25.4 Å². The molecule has 42 heavy (non-hydrogen) atoms. The summed E-state index contributed by atoms with van der Waals surface area (Å²) >= 11 is 0. The molecule has 0 amide bonds. The second-order valence-corrected chi connectivity index (χ2v) is 9.24. The summed E-state index contributed by atoms with van der Waals surface area (Å²) < 4.78 is 34.6. The molecule has 0 saturated heterocycles. The van der Waals surface area contributed by atoms with Gasteiger partial charge in [-0.1, -0.05) is 97.1 Å². The summed E-state index contributed by atoms with van der Waals surface area (Å²) in [7, 11) is 0. The molecule has 0 N–H and O–H groups in total. The third-order valence-electron chi connectivity index (χ3n) is 6.15. The van der Waals surface area contributed by atoms with Crippen molar-refractivity contribution in [3.05, 3.63) is 144 Å². The molecule has 0 aliphatic carbocycles. The zero-order valence-corrected chi connectivity index (χ0v) is 23.2. The zero-order valence-electron chi connectivity index (χ0n) is 23.2. The number of rotatable bonds is 17. The largest absolute Gasteiger partial charge is 0.459 e. The molecule has 2 atom stereocenters. The number of hydrogen-bond donors (Lipinski definition) is 0. The Morgan fingerprint density at radius 2 is 0.810 bits per heavy atom. The van der Waals surface area contributed by atoms with Crippen LogP contribution >= 0.6 is 0 Å².